The molecule has 80 valence electrons. The van der Waals surface area contributed by atoms with E-state index >= 15 is 0 Å². The maximum absolute atomic E-state index is 4.80. The fourth-order valence-electron chi connectivity index (χ4n) is 3.43. The Morgan fingerprint density at radius 2 is 1.93 bits per heavy atom. The van der Waals surface area contributed by atoms with Crippen molar-refractivity contribution < 1.29 is 4.70 Å². The van der Waals surface area contributed by atoms with Crippen LogP contribution in [0.1, 0.15) is 45.4 Å². The minimum atomic E-state index is 0.523. The summed E-state index contributed by atoms with van der Waals surface area (Å²) in [4.78, 5) is 4.39. The van der Waals surface area contributed by atoms with Gasteiger partial charge in [-0.15, -0.1) is 4.70 Å². The van der Waals surface area contributed by atoms with Gasteiger partial charge in [0.25, 0.3) is 12.1 Å². The first-order chi connectivity index (χ1) is 7.36. The third-order valence-electron chi connectivity index (χ3n) is 4.11. The summed E-state index contributed by atoms with van der Waals surface area (Å²) in [5.41, 5.74) is 0. The Morgan fingerprint density at radius 3 is 2.60 bits per heavy atom. The number of fused-ring (bicyclic) bond motifs is 2. The Hall–Kier alpha value is -0.910. The summed E-state index contributed by atoms with van der Waals surface area (Å²) in [6.07, 6.45) is 7.74. The van der Waals surface area contributed by atoms with E-state index in [1.165, 1.54) is 38.5 Å². The van der Waals surface area contributed by atoms with Gasteiger partial charge in [0.05, 0.1) is 13.3 Å². The van der Waals surface area contributed by atoms with Crippen LogP contribution in [0, 0.1) is 6.07 Å². The predicted molar refractivity (Wildman–Crippen MR) is 58.5 cm³/mol. The molecule has 15 heavy (non-hydrogen) atoms. The molecule has 1 heterocycles. The van der Waals surface area contributed by atoms with E-state index in [0.717, 1.165) is 6.04 Å². The standard InChI is InChI=1S/C12H19N3/c1-2-13-9-3-5-11(7-9)15-12-6-4-10(8-12)14-15/h9-12H,3-8H2,1H3/q+2/t9?,10-,11?,12+/m0/s1. The summed E-state index contributed by atoms with van der Waals surface area (Å²) in [7, 11) is 0. The molecule has 2 unspecified atom stereocenters. The monoisotopic (exact) mass is 205 g/mol. The molecular weight excluding hydrogens is 186 g/mol. The van der Waals surface area contributed by atoms with Crippen LogP contribution >= 0.6 is 0 Å². The van der Waals surface area contributed by atoms with Gasteiger partial charge in [0.15, 0.2) is 12.1 Å². The highest BCUT2D eigenvalue weighted by atomic mass is 15.4. The maximum atomic E-state index is 4.80. The van der Waals surface area contributed by atoms with E-state index in [9.17, 15) is 0 Å². The second-order valence-electron chi connectivity index (χ2n) is 5.09. The van der Waals surface area contributed by atoms with E-state index in [1.807, 2.05) is 6.92 Å². The summed E-state index contributed by atoms with van der Waals surface area (Å²) < 4.78 is 2.43. The van der Waals surface area contributed by atoms with Crippen LogP contribution in [0.25, 0.3) is 4.85 Å². The van der Waals surface area contributed by atoms with Crippen LogP contribution in [0.15, 0.2) is 5.11 Å². The molecule has 2 fully saturated rings. The lowest BCUT2D eigenvalue weighted by molar-refractivity contribution is -0.651. The quantitative estimate of drug-likeness (QED) is 0.586. The fourth-order valence-corrected chi connectivity index (χ4v) is 3.43. The first kappa shape index (κ1) is 9.33. The Labute approximate surface area is 91.0 Å². The number of nitrogens with zero attached hydrogens (tertiary/aromatic N) is 3. The summed E-state index contributed by atoms with van der Waals surface area (Å²) in [6.45, 7) is 1.90. The zero-order valence-electron chi connectivity index (χ0n) is 9.39. The first-order valence-electron chi connectivity index (χ1n) is 6.22. The molecule has 3 nitrogen and oxygen atoms in total. The SMILES string of the molecule is CC#[N+]C1CCC([N+]2=N[C@H]3CC[C@@H]2C3)C1. The fraction of sp³-hybridized carbons (Fsp3) is 0.917. The van der Waals surface area contributed by atoms with Gasteiger partial charge >= 0.3 is 0 Å². The van der Waals surface area contributed by atoms with E-state index in [2.05, 4.69) is 15.6 Å². The minimum Gasteiger partial charge on any atom is -0.122 e. The van der Waals surface area contributed by atoms with Crippen molar-refractivity contribution in [2.75, 3.05) is 0 Å². The lowest BCUT2D eigenvalue weighted by Gasteiger charge is -2.10. The van der Waals surface area contributed by atoms with Crippen molar-refractivity contribution in [3.8, 4) is 6.07 Å². The van der Waals surface area contributed by atoms with Crippen LogP contribution in [-0.4, -0.2) is 28.9 Å². The van der Waals surface area contributed by atoms with Gasteiger partial charge in [0.2, 0.25) is 0 Å². The Balaban J connectivity index is 1.69. The Kier molecular flexibility index (Phi) is 2.23. The normalized spacial score (nSPS) is 42.6. The van der Waals surface area contributed by atoms with Crippen molar-refractivity contribution in [3.63, 3.8) is 0 Å². The smallest absolute Gasteiger partial charge is 0.122 e. The molecule has 0 radical (unpaired) electrons. The Morgan fingerprint density at radius 1 is 1.13 bits per heavy atom. The van der Waals surface area contributed by atoms with Crippen LogP contribution in [0.5, 0.6) is 0 Å². The molecule has 3 rings (SSSR count). The minimum absolute atomic E-state index is 0.523. The van der Waals surface area contributed by atoms with Gasteiger partial charge in [-0.1, -0.05) is 4.85 Å². The van der Waals surface area contributed by atoms with Gasteiger partial charge in [-0.25, -0.2) is 0 Å². The number of rotatable bonds is 1. The summed E-state index contributed by atoms with van der Waals surface area (Å²) in [6, 6.07) is 5.57. The Bertz CT molecular complexity index is 350. The van der Waals surface area contributed by atoms with Gasteiger partial charge in [-0.3, -0.25) is 0 Å². The van der Waals surface area contributed by atoms with Crippen LogP contribution < -0.4 is 0 Å². The van der Waals surface area contributed by atoms with Gasteiger partial charge in [-0.2, -0.15) is 0 Å². The van der Waals surface area contributed by atoms with E-state index in [4.69, 9.17) is 5.11 Å². The third kappa shape index (κ3) is 1.56. The van der Waals surface area contributed by atoms with Gasteiger partial charge < -0.3 is 0 Å². The van der Waals surface area contributed by atoms with Crippen molar-refractivity contribution in [2.24, 2.45) is 5.11 Å². The average Bonchev–Trinajstić information content (AvgIpc) is 2.91. The second-order valence-corrected chi connectivity index (χ2v) is 5.09. The zero-order chi connectivity index (χ0) is 10.3. The molecule has 0 aromatic heterocycles. The first-order valence-corrected chi connectivity index (χ1v) is 6.22. The number of hydrogen-bond acceptors (Lipinski definition) is 1. The molecule has 4 atom stereocenters. The number of hydrogen-bond donors (Lipinski definition) is 0. The van der Waals surface area contributed by atoms with Crippen molar-refractivity contribution in [1.29, 1.82) is 0 Å². The highest BCUT2D eigenvalue weighted by Gasteiger charge is 2.49. The zero-order valence-corrected chi connectivity index (χ0v) is 9.39. The largest absolute Gasteiger partial charge is 0.279 e. The predicted octanol–water partition coefficient (Wildman–Crippen LogP) is 2.66. The molecule has 2 saturated carbocycles. The van der Waals surface area contributed by atoms with Crippen LogP contribution in [-0.2, 0) is 0 Å². The molecule has 3 heteroatoms. The molecule has 1 aliphatic heterocycles. The molecular formula is C12H19N3+2. The van der Waals surface area contributed by atoms with E-state index in [-0.39, 0.29) is 0 Å². The van der Waals surface area contributed by atoms with Crippen LogP contribution in [0.3, 0.4) is 0 Å². The van der Waals surface area contributed by atoms with Gasteiger partial charge in [0, 0.05) is 25.7 Å². The average molecular weight is 205 g/mol. The molecule has 0 amide bonds. The van der Waals surface area contributed by atoms with E-state index in [0.29, 0.717) is 18.1 Å². The molecule has 0 saturated heterocycles. The van der Waals surface area contributed by atoms with Crippen molar-refractivity contribution in [1.82, 2.24) is 0 Å². The van der Waals surface area contributed by atoms with Crippen LogP contribution in [0.2, 0.25) is 0 Å². The summed E-state index contributed by atoms with van der Waals surface area (Å²) in [5, 5.41) is 4.80. The maximum Gasteiger partial charge on any atom is 0.279 e. The summed E-state index contributed by atoms with van der Waals surface area (Å²) >= 11 is 0. The summed E-state index contributed by atoms with van der Waals surface area (Å²) in [5.74, 6) is 0. The lowest BCUT2D eigenvalue weighted by Crippen LogP contribution is -2.29. The van der Waals surface area contributed by atoms with Crippen LogP contribution in [0.4, 0.5) is 0 Å². The van der Waals surface area contributed by atoms with Gasteiger partial charge in [-0.05, 0) is 11.5 Å². The van der Waals surface area contributed by atoms with E-state index in [1.54, 1.807) is 0 Å². The molecule has 0 spiro atoms. The van der Waals surface area contributed by atoms with Crippen molar-refractivity contribution in [2.45, 2.75) is 69.6 Å². The second kappa shape index (κ2) is 3.59. The molecule has 2 bridgehead atoms. The third-order valence-corrected chi connectivity index (χ3v) is 4.11. The molecule has 0 aromatic carbocycles. The molecule has 3 aliphatic rings. The number of azo groups is 2. The molecule has 2 aliphatic carbocycles. The van der Waals surface area contributed by atoms with E-state index < -0.39 is 0 Å². The van der Waals surface area contributed by atoms with Crippen molar-refractivity contribution >= 4 is 0 Å². The van der Waals surface area contributed by atoms with Gasteiger partial charge in [0.1, 0.15) is 6.04 Å². The highest BCUT2D eigenvalue weighted by molar-refractivity contribution is 4.96. The molecule has 0 N–H and O–H groups in total. The highest BCUT2D eigenvalue weighted by Crippen LogP contribution is 2.36. The lowest BCUT2D eigenvalue weighted by atomic mass is 10.2. The topological polar surface area (TPSA) is 19.7 Å². The van der Waals surface area contributed by atoms with Crippen molar-refractivity contribution in [3.05, 3.63) is 4.85 Å². The molecule has 0 aromatic rings.